The van der Waals surface area contributed by atoms with Crippen LogP contribution >= 0.6 is 0 Å². The Kier molecular flexibility index (Phi) is 24.8. The molecule has 0 aliphatic rings. The quantitative estimate of drug-likeness (QED) is 0.116. The van der Waals surface area contributed by atoms with Crippen molar-refractivity contribution in [3.63, 3.8) is 0 Å². The van der Waals surface area contributed by atoms with Gasteiger partial charge in [0.15, 0.2) is 0 Å². The molecule has 15 heteroatoms. The van der Waals surface area contributed by atoms with Gasteiger partial charge in [0.2, 0.25) is 0 Å². The van der Waals surface area contributed by atoms with E-state index in [0.29, 0.717) is 118 Å². The zero-order valence-electron chi connectivity index (χ0n) is 29.3. The molecule has 48 heavy (non-hydrogen) atoms. The maximum Gasteiger partial charge on any atom is 0.136 e. The van der Waals surface area contributed by atoms with E-state index in [1.165, 1.54) is 0 Å². The van der Waals surface area contributed by atoms with Crippen molar-refractivity contribution >= 4 is 27.8 Å². The van der Waals surface area contributed by atoms with Gasteiger partial charge in [-0.3, -0.25) is 0 Å². The van der Waals surface area contributed by atoms with Crippen LogP contribution in [0, 0.1) is 0 Å². The molecule has 0 unspecified atom stereocenters. The number of methoxy groups -OCH3 is 2. The van der Waals surface area contributed by atoms with Gasteiger partial charge in [0.25, 0.3) is 0 Å². The van der Waals surface area contributed by atoms with E-state index in [0.717, 1.165) is 22.2 Å². The Balaban J connectivity index is 0.000000652. The number of fused-ring (bicyclic) bond motifs is 3. The van der Waals surface area contributed by atoms with Crippen molar-refractivity contribution in [1.29, 1.82) is 0 Å². The van der Waals surface area contributed by atoms with Crippen LogP contribution in [0.5, 0.6) is 0 Å². The van der Waals surface area contributed by atoms with Gasteiger partial charge in [0.05, 0.1) is 109 Å². The van der Waals surface area contributed by atoms with Crippen molar-refractivity contribution in [2.75, 3.05) is 113 Å². The standard InChI is InChI=1S/C24H35N4O5.C9H21NO4.Ir/c1-5-30-16-20-27-21-22(18-8-6-7-9-19(18)26-23(21)25)28(20)17-24(2,3)33-15-14-32-13-12-31-11-10-29-4;1-11-4-5-13-8-9-14-7-6-12-3-2-10;/h6-9H,5,10-17H2,1-4H3,(H-,25,26);2-10H2,1H3;/q-1;;. The summed E-state index contributed by atoms with van der Waals surface area (Å²) in [7, 11) is 3.30. The summed E-state index contributed by atoms with van der Waals surface area (Å²) >= 11 is 0. The van der Waals surface area contributed by atoms with Crippen molar-refractivity contribution in [2.24, 2.45) is 5.73 Å². The first-order valence-corrected chi connectivity index (χ1v) is 16.2. The molecule has 0 saturated heterocycles. The average Bonchev–Trinajstić information content (AvgIpc) is 3.42. The molecule has 0 atom stereocenters. The first-order valence-electron chi connectivity index (χ1n) is 16.2. The molecule has 2 heterocycles. The van der Waals surface area contributed by atoms with E-state index in [2.05, 4.69) is 9.55 Å². The normalized spacial score (nSPS) is 11.5. The van der Waals surface area contributed by atoms with Crippen molar-refractivity contribution in [2.45, 2.75) is 39.5 Å². The first-order chi connectivity index (χ1) is 22.9. The SMILES string of the molecule is CCOCc1nc2c([NH-])nc3ccccc3c2n1CC(C)(C)OCCOCCOCCOC.COCCOCCOCCOCCN.[Ir]. The molecule has 0 fully saturated rings. The molecular formula is C33H56IrN5O9-. The predicted molar refractivity (Wildman–Crippen MR) is 181 cm³/mol. The van der Waals surface area contributed by atoms with E-state index in [1.54, 1.807) is 14.2 Å². The van der Waals surface area contributed by atoms with Gasteiger partial charge in [-0.05, 0) is 32.1 Å². The summed E-state index contributed by atoms with van der Waals surface area (Å²) in [5.74, 6) is 0.930. The maximum absolute atomic E-state index is 8.40. The number of aromatic nitrogens is 3. The fourth-order valence-corrected chi connectivity index (χ4v) is 4.39. The Bertz CT molecular complexity index is 1220. The van der Waals surface area contributed by atoms with Gasteiger partial charge < -0.3 is 63.7 Å². The summed E-state index contributed by atoms with van der Waals surface area (Å²) < 4.78 is 50.2. The topological polar surface area (TPSA) is 164 Å². The van der Waals surface area contributed by atoms with Crippen molar-refractivity contribution < 1.29 is 62.7 Å². The molecule has 0 bridgehead atoms. The van der Waals surface area contributed by atoms with Crippen molar-refractivity contribution in [3.05, 3.63) is 35.8 Å². The third kappa shape index (κ3) is 17.2. The number of imidazole rings is 1. The van der Waals surface area contributed by atoms with Crippen LogP contribution in [0.1, 0.15) is 26.6 Å². The summed E-state index contributed by atoms with van der Waals surface area (Å²) in [5, 5.41) is 0.964. The second-order valence-corrected chi connectivity index (χ2v) is 10.9. The van der Waals surface area contributed by atoms with E-state index in [-0.39, 0.29) is 25.9 Å². The van der Waals surface area contributed by atoms with Crippen LogP contribution in [0.15, 0.2) is 24.3 Å². The van der Waals surface area contributed by atoms with Crippen LogP contribution in [0.2, 0.25) is 0 Å². The molecule has 3 N–H and O–H groups in total. The number of hydrogen-bond acceptors (Lipinski definition) is 12. The second-order valence-electron chi connectivity index (χ2n) is 10.9. The Morgan fingerprint density at radius 2 is 1.25 bits per heavy atom. The fourth-order valence-electron chi connectivity index (χ4n) is 4.39. The van der Waals surface area contributed by atoms with Crippen molar-refractivity contribution in [1.82, 2.24) is 14.5 Å². The minimum absolute atomic E-state index is 0. The Hall–Kier alpha value is -1.85. The number of nitrogens with two attached hydrogens (primary N) is 1. The first kappa shape index (κ1) is 44.2. The van der Waals surface area contributed by atoms with Gasteiger partial charge >= 0.3 is 0 Å². The fraction of sp³-hybridized carbons (Fsp3) is 0.697. The maximum atomic E-state index is 8.40. The van der Waals surface area contributed by atoms with Crippen LogP contribution in [0.4, 0.5) is 5.82 Å². The molecule has 0 spiro atoms. The molecule has 1 aromatic carbocycles. The molecule has 2 aromatic heterocycles. The minimum atomic E-state index is -0.487. The molecule has 3 rings (SSSR count). The van der Waals surface area contributed by atoms with Crippen LogP contribution < -0.4 is 5.73 Å². The second kappa shape index (κ2) is 26.9. The zero-order valence-corrected chi connectivity index (χ0v) is 31.7. The Morgan fingerprint density at radius 3 is 1.79 bits per heavy atom. The summed E-state index contributed by atoms with van der Waals surface area (Å²) in [6.45, 7) is 15.4. The van der Waals surface area contributed by atoms with E-state index < -0.39 is 5.60 Å². The number of para-hydroxylation sites is 1. The summed E-state index contributed by atoms with van der Waals surface area (Å²) in [5.41, 5.74) is 15.4. The molecule has 0 amide bonds. The summed E-state index contributed by atoms with van der Waals surface area (Å²) in [6.07, 6.45) is 0. The third-order valence-electron chi connectivity index (χ3n) is 6.60. The number of rotatable bonds is 26. The molecular weight excluding hydrogens is 803 g/mol. The van der Waals surface area contributed by atoms with Gasteiger partial charge in [-0.15, -0.1) is 0 Å². The molecule has 14 nitrogen and oxygen atoms in total. The number of pyridine rings is 1. The third-order valence-corrected chi connectivity index (χ3v) is 6.60. The van der Waals surface area contributed by atoms with E-state index in [1.807, 2.05) is 45.0 Å². The predicted octanol–water partition coefficient (Wildman–Crippen LogP) is 3.92. The Labute approximate surface area is 298 Å². The smallest absolute Gasteiger partial charge is 0.136 e. The number of nitrogens with zero attached hydrogens (tertiary/aromatic N) is 3. The monoisotopic (exact) mass is 859 g/mol. The van der Waals surface area contributed by atoms with E-state index in [4.69, 9.17) is 59.1 Å². The van der Waals surface area contributed by atoms with Gasteiger partial charge in [0, 0.05) is 52.9 Å². The number of ether oxygens (including phenoxy) is 9. The zero-order chi connectivity index (χ0) is 34.2. The van der Waals surface area contributed by atoms with Gasteiger partial charge in [-0.2, -0.15) is 0 Å². The molecule has 0 saturated carbocycles. The largest absolute Gasteiger partial charge is 0.480 e. The summed E-state index contributed by atoms with van der Waals surface area (Å²) in [6, 6.07) is 7.84. The summed E-state index contributed by atoms with van der Waals surface area (Å²) in [4.78, 5) is 9.14. The van der Waals surface area contributed by atoms with E-state index in [9.17, 15) is 0 Å². The van der Waals surface area contributed by atoms with Crippen LogP contribution in [-0.4, -0.2) is 133 Å². The Morgan fingerprint density at radius 1 is 0.729 bits per heavy atom. The molecule has 3 aromatic rings. The van der Waals surface area contributed by atoms with E-state index >= 15 is 0 Å². The molecule has 0 aliphatic heterocycles. The molecule has 1 radical (unpaired) electrons. The minimum Gasteiger partial charge on any atom is -0.480 e. The number of benzene rings is 1. The van der Waals surface area contributed by atoms with Crippen LogP contribution in [-0.2, 0) is 75.9 Å². The van der Waals surface area contributed by atoms with Gasteiger partial charge in [-0.25, -0.2) is 4.98 Å². The average molecular weight is 859 g/mol. The number of hydrogen-bond donors (Lipinski definition) is 1. The van der Waals surface area contributed by atoms with Gasteiger partial charge in [-0.1, -0.05) is 24.3 Å². The molecule has 0 aliphatic carbocycles. The molecule has 277 valence electrons. The number of nitrogens with one attached hydrogen (secondary N) is 1. The van der Waals surface area contributed by atoms with Gasteiger partial charge in [0.1, 0.15) is 12.4 Å². The van der Waals surface area contributed by atoms with Crippen LogP contribution in [0.3, 0.4) is 0 Å². The van der Waals surface area contributed by atoms with Crippen LogP contribution in [0.25, 0.3) is 27.7 Å². The van der Waals surface area contributed by atoms with Crippen molar-refractivity contribution in [3.8, 4) is 0 Å².